The Morgan fingerprint density at radius 3 is 2.79 bits per heavy atom. The molecular weight excluding hydrogens is 374 g/mol. The summed E-state index contributed by atoms with van der Waals surface area (Å²) in [5, 5.41) is 2.85. The lowest BCUT2D eigenvalue weighted by Crippen LogP contribution is -2.16. The standard InChI is InChI=1S/C13H13Br2N3O/c1-3-18-7-9(14)5-11(18)13(19)17-10-4-8(2)12(15)16-6-10/h4-7H,3H2,1-2H3,(H,17,19). The molecule has 0 saturated carbocycles. The van der Waals surface area contributed by atoms with Crippen molar-refractivity contribution in [1.82, 2.24) is 9.55 Å². The van der Waals surface area contributed by atoms with Crippen molar-refractivity contribution in [3.05, 3.63) is 44.9 Å². The van der Waals surface area contributed by atoms with Crippen molar-refractivity contribution in [3.63, 3.8) is 0 Å². The second kappa shape index (κ2) is 5.88. The number of pyridine rings is 1. The van der Waals surface area contributed by atoms with E-state index in [1.54, 1.807) is 12.3 Å². The number of carbonyl (C=O) groups is 1. The Morgan fingerprint density at radius 1 is 1.42 bits per heavy atom. The molecule has 0 aromatic carbocycles. The quantitative estimate of drug-likeness (QED) is 0.810. The third-order valence-electron chi connectivity index (χ3n) is 2.71. The van der Waals surface area contributed by atoms with Gasteiger partial charge in [-0.05, 0) is 63.4 Å². The smallest absolute Gasteiger partial charge is 0.272 e. The van der Waals surface area contributed by atoms with Crippen LogP contribution in [0.25, 0.3) is 0 Å². The highest BCUT2D eigenvalue weighted by Crippen LogP contribution is 2.19. The van der Waals surface area contributed by atoms with E-state index in [2.05, 4.69) is 42.2 Å². The third kappa shape index (κ3) is 3.25. The molecule has 1 N–H and O–H groups in total. The van der Waals surface area contributed by atoms with Crippen LogP contribution in [0.5, 0.6) is 0 Å². The van der Waals surface area contributed by atoms with Gasteiger partial charge in [-0.2, -0.15) is 0 Å². The minimum absolute atomic E-state index is 0.143. The molecule has 100 valence electrons. The summed E-state index contributed by atoms with van der Waals surface area (Å²) in [6.07, 6.45) is 3.52. The van der Waals surface area contributed by atoms with Crippen molar-refractivity contribution < 1.29 is 4.79 Å². The second-order valence-electron chi connectivity index (χ2n) is 4.12. The lowest BCUT2D eigenvalue weighted by molar-refractivity contribution is 0.101. The van der Waals surface area contributed by atoms with Gasteiger partial charge < -0.3 is 9.88 Å². The van der Waals surface area contributed by atoms with E-state index >= 15 is 0 Å². The van der Waals surface area contributed by atoms with E-state index in [4.69, 9.17) is 0 Å². The number of hydrogen-bond donors (Lipinski definition) is 1. The molecule has 0 unspecified atom stereocenters. The second-order valence-corrected chi connectivity index (χ2v) is 5.78. The Balaban J connectivity index is 2.22. The molecule has 6 heteroatoms. The number of hydrogen-bond acceptors (Lipinski definition) is 2. The predicted octanol–water partition coefficient (Wildman–Crippen LogP) is 3.99. The number of nitrogens with one attached hydrogen (secondary N) is 1. The first-order valence-corrected chi connectivity index (χ1v) is 7.39. The van der Waals surface area contributed by atoms with E-state index in [1.165, 1.54) is 0 Å². The average Bonchev–Trinajstić information content (AvgIpc) is 2.75. The number of carbonyl (C=O) groups excluding carboxylic acids is 1. The number of halogens is 2. The maximum absolute atomic E-state index is 12.2. The van der Waals surface area contributed by atoms with Gasteiger partial charge in [-0.1, -0.05) is 0 Å². The molecule has 2 aromatic rings. The van der Waals surface area contributed by atoms with E-state index in [0.717, 1.165) is 21.2 Å². The number of amides is 1. The van der Waals surface area contributed by atoms with Crippen molar-refractivity contribution in [2.75, 3.05) is 5.32 Å². The molecule has 0 spiro atoms. The molecule has 0 saturated heterocycles. The summed E-state index contributed by atoms with van der Waals surface area (Å²) in [6.45, 7) is 4.67. The molecule has 0 fully saturated rings. The van der Waals surface area contributed by atoms with Crippen LogP contribution >= 0.6 is 31.9 Å². The van der Waals surface area contributed by atoms with Crippen LogP contribution in [0.15, 0.2) is 33.6 Å². The molecule has 0 aliphatic rings. The Kier molecular flexibility index (Phi) is 4.42. The van der Waals surface area contributed by atoms with E-state index < -0.39 is 0 Å². The first kappa shape index (κ1) is 14.3. The van der Waals surface area contributed by atoms with Crippen molar-refractivity contribution in [2.24, 2.45) is 0 Å². The SMILES string of the molecule is CCn1cc(Br)cc1C(=O)Nc1cnc(Br)c(C)c1. The minimum atomic E-state index is -0.143. The third-order valence-corrected chi connectivity index (χ3v) is 3.97. The highest BCUT2D eigenvalue weighted by Gasteiger charge is 2.13. The molecule has 2 aromatic heterocycles. The fourth-order valence-corrected chi connectivity index (χ4v) is 2.43. The Labute approximate surface area is 128 Å². The van der Waals surface area contributed by atoms with Gasteiger partial charge >= 0.3 is 0 Å². The molecule has 0 atom stereocenters. The molecule has 0 aliphatic carbocycles. The van der Waals surface area contributed by atoms with Crippen molar-refractivity contribution >= 4 is 43.5 Å². The monoisotopic (exact) mass is 385 g/mol. The summed E-state index contributed by atoms with van der Waals surface area (Å²) < 4.78 is 3.56. The number of anilines is 1. The van der Waals surface area contributed by atoms with Gasteiger partial charge in [0.05, 0.1) is 11.9 Å². The van der Waals surface area contributed by atoms with Crippen LogP contribution in [0.2, 0.25) is 0 Å². The maximum Gasteiger partial charge on any atom is 0.272 e. The first-order valence-electron chi connectivity index (χ1n) is 5.80. The summed E-state index contributed by atoms with van der Waals surface area (Å²) in [7, 11) is 0. The highest BCUT2D eigenvalue weighted by molar-refractivity contribution is 9.10. The number of rotatable bonds is 3. The van der Waals surface area contributed by atoms with Gasteiger partial charge in [0.2, 0.25) is 0 Å². The largest absolute Gasteiger partial charge is 0.343 e. The Bertz CT molecular complexity index is 622. The summed E-state index contributed by atoms with van der Waals surface area (Å²) in [4.78, 5) is 16.4. The predicted molar refractivity (Wildman–Crippen MR) is 82.4 cm³/mol. The maximum atomic E-state index is 12.2. The van der Waals surface area contributed by atoms with Gasteiger partial charge in [-0.3, -0.25) is 4.79 Å². The van der Waals surface area contributed by atoms with E-state index in [9.17, 15) is 4.79 Å². The molecule has 1 amide bonds. The molecule has 2 heterocycles. The molecule has 19 heavy (non-hydrogen) atoms. The summed E-state index contributed by atoms with van der Waals surface area (Å²) in [5.74, 6) is -0.143. The number of aromatic nitrogens is 2. The fraction of sp³-hybridized carbons (Fsp3) is 0.231. The lowest BCUT2D eigenvalue weighted by Gasteiger charge is -2.08. The zero-order valence-corrected chi connectivity index (χ0v) is 13.7. The van der Waals surface area contributed by atoms with Gasteiger partial charge in [0.15, 0.2) is 0 Å². The fourth-order valence-electron chi connectivity index (χ4n) is 1.75. The van der Waals surface area contributed by atoms with E-state index in [-0.39, 0.29) is 5.91 Å². The zero-order valence-electron chi connectivity index (χ0n) is 10.6. The summed E-state index contributed by atoms with van der Waals surface area (Å²) in [6, 6.07) is 3.68. The Morgan fingerprint density at radius 2 is 2.16 bits per heavy atom. The summed E-state index contributed by atoms with van der Waals surface area (Å²) in [5.41, 5.74) is 2.28. The van der Waals surface area contributed by atoms with Gasteiger partial charge in [0.1, 0.15) is 10.3 Å². The van der Waals surface area contributed by atoms with Gasteiger partial charge in [0, 0.05) is 17.2 Å². The van der Waals surface area contributed by atoms with Crippen LogP contribution in [-0.4, -0.2) is 15.5 Å². The van der Waals surface area contributed by atoms with Gasteiger partial charge in [0.25, 0.3) is 5.91 Å². The van der Waals surface area contributed by atoms with Gasteiger partial charge in [-0.15, -0.1) is 0 Å². The number of aryl methyl sites for hydroxylation is 2. The minimum Gasteiger partial charge on any atom is -0.343 e. The molecular formula is C13H13Br2N3O. The van der Waals surface area contributed by atoms with Crippen molar-refractivity contribution in [3.8, 4) is 0 Å². The van der Waals surface area contributed by atoms with Crippen LogP contribution in [0.4, 0.5) is 5.69 Å². The van der Waals surface area contributed by atoms with E-state index in [0.29, 0.717) is 11.4 Å². The molecule has 0 aliphatic heterocycles. The topological polar surface area (TPSA) is 46.9 Å². The number of nitrogens with zero attached hydrogens (tertiary/aromatic N) is 2. The van der Waals surface area contributed by atoms with Crippen LogP contribution < -0.4 is 5.32 Å². The molecule has 4 nitrogen and oxygen atoms in total. The van der Waals surface area contributed by atoms with Crippen LogP contribution in [0.3, 0.4) is 0 Å². The van der Waals surface area contributed by atoms with Crippen LogP contribution in [-0.2, 0) is 6.54 Å². The normalized spacial score (nSPS) is 10.5. The lowest BCUT2D eigenvalue weighted by atomic mass is 10.3. The summed E-state index contributed by atoms with van der Waals surface area (Å²) >= 11 is 6.71. The Hall–Kier alpha value is -1.14. The molecule has 2 rings (SSSR count). The average molecular weight is 387 g/mol. The first-order chi connectivity index (χ1) is 9.01. The van der Waals surface area contributed by atoms with E-state index in [1.807, 2.05) is 30.7 Å². The molecule has 0 bridgehead atoms. The van der Waals surface area contributed by atoms with Crippen LogP contribution in [0, 0.1) is 6.92 Å². The zero-order chi connectivity index (χ0) is 14.0. The van der Waals surface area contributed by atoms with Gasteiger partial charge in [-0.25, -0.2) is 4.98 Å². The van der Waals surface area contributed by atoms with Crippen molar-refractivity contribution in [2.45, 2.75) is 20.4 Å². The highest BCUT2D eigenvalue weighted by atomic mass is 79.9. The van der Waals surface area contributed by atoms with Crippen LogP contribution in [0.1, 0.15) is 23.0 Å². The van der Waals surface area contributed by atoms with Crippen molar-refractivity contribution in [1.29, 1.82) is 0 Å². The molecule has 0 radical (unpaired) electrons.